The normalized spacial score (nSPS) is 12.3. The maximum atomic E-state index is 12.7. The molecule has 1 N–H and O–H groups in total. The summed E-state index contributed by atoms with van der Waals surface area (Å²) in [5.74, 6) is -0.495. The molecule has 0 spiro atoms. The first-order valence-corrected chi connectivity index (χ1v) is 8.22. The monoisotopic (exact) mass is 371 g/mol. The fraction of sp³-hybridized carbons (Fsp3) is 0.235. The average Bonchev–Trinajstić information content (AvgIpc) is 2.49. The molecular weight excluding hydrogens is 357 g/mol. The van der Waals surface area contributed by atoms with Gasteiger partial charge in [0.2, 0.25) is 5.91 Å². The summed E-state index contributed by atoms with van der Waals surface area (Å²) in [7, 11) is 0. The summed E-state index contributed by atoms with van der Waals surface area (Å²) in [5.41, 5.74) is -0.0306. The minimum absolute atomic E-state index is 0.0131. The van der Waals surface area contributed by atoms with Gasteiger partial charge in [-0.05, 0) is 24.3 Å². The van der Waals surface area contributed by atoms with E-state index in [4.69, 9.17) is 34.8 Å². The van der Waals surface area contributed by atoms with Gasteiger partial charge >= 0.3 is 0 Å². The van der Waals surface area contributed by atoms with Gasteiger partial charge in [0, 0.05) is 16.5 Å². The highest BCUT2D eigenvalue weighted by atomic mass is 35.5. The second-order valence-electron chi connectivity index (χ2n) is 5.35. The van der Waals surface area contributed by atoms with Crippen LogP contribution in [0.25, 0.3) is 0 Å². The SMILES string of the molecule is CC(C)C(=O)N(c1ccc(Cl)cc1Cl)C(Cl)c1ccccc1O. The highest BCUT2D eigenvalue weighted by Crippen LogP contribution is 2.39. The Bertz CT molecular complexity index is 719. The van der Waals surface area contributed by atoms with Crippen LogP contribution in [0.5, 0.6) is 5.75 Å². The van der Waals surface area contributed by atoms with Crippen molar-refractivity contribution < 1.29 is 9.90 Å². The van der Waals surface area contributed by atoms with Crippen molar-refractivity contribution in [2.45, 2.75) is 19.3 Å². The summed E-state index contributed by atoms with van der Waals surface area (Å²) in [6, 6.07) is 11.4. The number of anilines is 1. The largest absolute Gasteiger partial charge is 0.508 e. The van der Waals surface area contributed by atoms with Crippen LogP contribution in [0.4, 0.5) is 5.69 Å². The summed E-state index contributed by atoms with van der Waals surface area (Å²) < 4.78 is 0. The molecule has 2 rings (SSSR count). The predicted octanol–water partition coefficient (Wildman–Crippen LogP) is 5.63. The van der Waals surface area contributed by atoms with E-state index in [1.54, 1.807) is 50.2 Å². The van der Waals surface area contributed by atoms with E-state index in [0.29, 0.717) is 21.3 Å². The molecule has 0 fully saturated rings. The van der Waals surface area contributed by atoms with Crippen LogP contribution in [0.2, 0.25) is 10.0 Å². The Morgan fingerprint density at radius 1 is 1.13 bits per heavy atom. The Hall–Kier alpha value is -1.42. The highest BCUT2D eigenvalue weighted by molar-refractivity contribution is 6.37. The van der Waals surface area contributed by atoms with Crippen molar-refractivity contribution in [1.82, 2.24) is 0 Å². The Kier molecular flexibility index (Phi) is 5.79. The molecule has 1 atom stereocenters. The summed E-state index contributed by atoms with van der Waals surface area (Å²) in [6.45, 7) is 3.54. The van der Waals surface area contributed by atoms with E-state index in [0.717, 1.165) is 0 Å². The van der Waals surface area contributed by atoms with Crippen LogP contribution in [0, 0.1) is 5.92 Å². The van der Waals surface area contributed by atoms with E-state index in [9.17, 15) is 9.90 Å². The van der Waals surface area contributed by atoms with Crippen LogP contribution in [0.1, 0.15) is 24.9 Å². The third kappa shape index (κ3) is 3.92. The Morgan fingerprint density at radius 3 is 2.35 bits per heavy atom. The van der Waals surface area contributed by atoms with E-state index in [2.05, 4.69) is 0 Å². The zero-order valence-electron chi connectivity index (χ0n) is 12.6. The van der Waals surface area contributed by atoms with Gasteiger partial charge in [0.05, 0.1) is 10.7 Å². The third-order valence-corrected chi connectivity index (χ3v) is 4.29. The van der Waals surface area contributed by atoms with Gasteiger partial charge in [-0.15, -0.1) is 0 Å². The number of nitrogens with zero attached hydrogens (tertiary/aromatic N) is 1. The molecule has 0 aliphatic heterocycles. The average molecular weight is 373 g/mol. The molecule has 0 radical (unpaired) electrons. The van der Waals surface area contributed by atoms with Gasteiger partial charge in [0.25, 0.3) is 0 Å². The van der Waals surface area contributed by atoms with E-state index >= 15 is 0 Å². The lowest BCUT2D eigenvalue weighted by Crippen LogP contribution is -2.35. The molecule has 6 heteroatoms. The number of rotatable bonds is 4. The Balaban J connectivity index is 2.55. The van der Waals surface area contributed by atoms with Crippen molar-refractivity contribution in [3.63, 3.8) is 0 Å². The van der Waals surface area contributed by atoms with Gasteiger partial charge in [0.1, 0.15) is 11.3 Å². The number of benzene rings is 2. The lowest BCUT2D eigenvalue weighted by atomic mass is 10.1. The number of phenolic OH excluding ortho intramolecular Hbond substituents is 1. The first-order chi connectivity index (χ1) is 10.8. The smallest absolute Gasteiger partial charge is 0.231 e. The minimum Gasteiger partial charge on any atom is -0.508 e. The molecule has 122 valence electrons. The van der Waals surface area contributed by atoms with Gasteiger partial charge < -0.3 is 5.11 Å². The van der Waals surface area contributed by atoms with Crippen molar-refractivity contribution >= 4 is 46.4 Å². The summed E-state index contributed by atoms with van der Waals surface area (Å²) in [6.07, 6.45) is 0. The molecule has 0 aliphatic carbocycles. The van der Waals surface area contributed by atoms with E-state index in [1.165, 1.54) is 11.0 Å². The fourth-order valence-electron chi connectivity index (χ4n) is 2.14. The number of hydrogen-bond donors (Lipinski definition) is 1. The Labute approximate surface area is 150 Å². The second-order valence-corrected chi connectivity index (χ2v) is 6.61. The second kappa shape index (κ2) is 7.43. The van der Waals surface area contributed by atoms with E-state index < -0.39 is 5.50 Å². The number of halogens is 3. The molecule has 0 saturated carbocycles. The number of aromatic hydroxyl groups is 1. The van der Waals surface area contributed by atoms with Crippen LogP contribution in [0.15, 0.2) is 42.5 Å². The molecular formula is C17H16Cl3NO2. The number of carbonyl (C=O) groups excluding carboxylic acids is 1. The highest BCUT2D eigenvalue weighted by Gasteiger charge is 2.29. The number of carbonyl (C=O) groups is 1. The first-order valence-electron chi connectivity index (χ1n) is 7.03. The van der Waals surface area contributed by atoms with Crippen molar-refractivity contribution in [2.24, 2.45) is 5.92 Å². The fourth-order valence-corrected chi connectivity index (χ4v) is 3.02. The lowest BCUT2D eigenvalue weighted by Gasteiger charge is -2.30. The molecule has 2 aromatic rings. The topological polar surface area (TPSA) is 40.5 Å². The van der Waals surface area contributed by atoms with Gasteiger partial charge in [0.15, 0.2) is 0 Å². The molecule has 1 amide bonds. The number of para-hydroxylation sites is 1. The van der Waals surface area contributed by atoms with Crippen LogP contribution < -0.4 is 4.90 Å². The summed E-state index contributed by atoms with van der Waals surface area (Å²) >= 11 is 18.7. The number of amides is 1. The number of alkyl halides is 1. The minimum atomic E-state index is -0.898. The van der Waals surface area contributed by atoms with Crippen LogP contribution in [-0.4, -0.2) is 11.0 Å². The zero-order chi connectivity index (χ0) is 17.1. The zero-order valence-corrected chi connectivity index (χ0v) is 14.9. The predicted molar refractivity (Wildman–Crippen MR) is 95.5 cm³/mol. The lowest BCUT2D eigenvalue weighted by molar-refractivity contribution is -0.121. The van der Waals surface area contributed by atoms with Crippen molar-refractivity contribution in [3.8, 4) is 5.75 Å². The summed E-state index contributed by atoms with van der Waals surface area (Å²) in [4.78, 5) is 14.0. The molecule has 0 heterocycles. The third-order valence-electron chi connectivity index (χ3n) is 3.32. The van der Waals surface area contributed by atoms with Crippen LogP contribution in [0.3, 0.4) is 0 Å². The summed E-state index contributed by atoms with van der Waals surface area (Å²) in [5, 5.41) is 10.8. The van der Waals surface area contributed by atoms with E-state index in [-0.39, 0.29) is 17.6 Å². The molecule has 23 heavy (non-hydrogen) atoms. The maximum absolute atomic E-state index is 12.7. The van der Waals surface area contributed by atoms with Crippen LogP contribution in [-0.2, 0) is 4.79 Å². The molecule has 0 aromatic heterocycles. The van der Waals surface area contributed by atoms with Gasteiger partial charge in [-0.3, -0.25) is 9.69 Å². The van der Waals surface area contributed by atoms with Gasteiger partial charge in [-0.25, -0.2) is 0 Å². The quantitative estimate of drug-likeness (QED) is 0.558. The molecule has 2 aromatic carbocycles. The molecule has 0 saturated heterocycles. The van der Waals surface area contributed by atoms with Crippen molar-refractivity contribution in [2.75, 3.05) is 4.90 Å². The standard InChI is InChI=1S/C17H16Cl3NO2/c1-10(2)17(23)21(14-8-7-11(18)9-13(14)19)16(20)12-5-3-4-6-15(12)22/h3-10,16,22H,1-2H3. The van der Waals surface area contributed by atoms with Crippen molar-refractivity contribution in [1.29, 1.82) is 0 Å². The van der Waals surface area contributed by atoms with Gasteiger partial charge in [-0.2, -0.15) is 0 Å². The molecule has 0 bridgehead atoms. The maximum Gasteiger partial charge on any atom is 0.231 e. The van der Waals surface area contributed by atoms with Crippen molar-refractivity contribution in [3.05, 3.63) is 58.1 Å². The molecule has 3 nitrogen and oxygen atoms in total. The Morgan fingerprint density at radius 2 is 1.78 bits per heavy atom. The number of phenols is 1. The van der Waals surface area contributed by atoms with Gasteiger partial charge in [-0.1, -0.05) is 66.8 Å². The van der Waals surface area contributed by atoms with Crippen LogP contribution >= 0.6 is 34.8 Å². The molecule has 1 unspecified atom stereocenters. The number of hydrogen-bond acceptors (Lipinski definition) is 2. The molecule has 0 aliphatic rings. The first kappa shape index (κ1) is 17.9. The van der Waals surface area contributed by atoms with E-state index in [1.807, 2.05) is 0 Å².